The van der Waals surface area contributed by atoms with Crippen molar-refractivity contribution in [2.24, 2.45) is 0 Å². The third-order valence-electron chi connectivity index (χ3n) is 6.25. The molecule has 178 valence electrons. The molecule has 0 unspecified atom stereocenters. The zero-order chi connectivity index (χ0) is 24.1. The number of hydrogen-bond donors (Lipinski definition) is 0. The quantitative estimate of drug-likeness (QED) is 0.578. The predicted octanol–water partition coefficient (Wildman–Crippen LogP) is 4.17. The topological polar surface area (TPSA) is 68.3 Å². The van der Waals surface area contributed by atoms with Crippen LogP contribution in [0.15, 0.2) is 48.6 Å². The van der Waals surface area contributed by atoms with Gasteiger partial charge in [-0.25, -0.2) is 0 Å². The Balaban J connectivity index is 1.42. The van der Waals surface area contributed by atoms with Crippen molar-refractivity contribution in [2.45, 2.75) is 19.3 Å². The largest absolute Gasteiger partial charge is 0.496 e. The maximum atomic E-state index is 12.8. The van der Waals surface area contributed by atoms with Crippen LogP contribution in [0.3, 0.4) is 0 Å². The minimum atomic E-state index is -0.0391. The van der Waals surface area contributed by atoms with Gasteiger partial charge in [0, 0.05) is 50.0 Å². The Morgan fingerprint density at radius 3 is 2.18 bits per heavy atom. The lowest BCUT2D eigenvalue weighted by atomic mass is 9.97. The fourth-order valence-corrected chi connectivity index (χ4v) is 4.38. The zero-order valence-electron chi connectivity index (χ0n) is 19.9. The molecule has 1 fully saturated rings. The molecule has 0 radical (unpaired) electrons. The number of anilines is 1. The summed E-state index contributed by atoms with van der Waals surface area (Å²) >= 11 is 0. The van der Waals surface area contributed by atoms with Crippen LogP contribution in [0.2, 0.25) is 0 Å². The van der Waals surface area contributed by atoms with E-state index in [1.54, 1.807) is 32.3 Å². The van der Waals surface area contributed by atoms with Gasteiger partial charge in [0.1, 0.15) is 17.2 Å². The lowest BCUT2D eigenvalue weighted by Gasteiger charge is -2.27. The van der Waals surface area contributed by atoms with Crippen LogP contribution < -0.4 is 19.1 Å². The zero-order valence-corrected chi connectivity index (χ0v) is 19.9. The molecule has 2 aliphatic heterocycles. The molecule has 34 heavy (non-hydrogen) atoms. The number of carbonyl (C=O) groups is 2. The Bertz CT molecular complexity index is 1100. The van der Waals surface area contributed by atoms with Crippen LogP contribution in [0.25, 0.3) is 11.6 Å². The number of ether oxygens (including phenoxy) is 3. The van der Waals surface area contributed by atoms with Crippen molar-refractivity contribution < 1.29 is 23.8 Å². The highest BCUT2D eigenvalue weighted by atomic mass is 16.5. The van der Waals surface area contributed by atoms with E-state index in [0.29, 0.717) is 43.2 Å². The molecular weight excluding hydrogens is 432 g/mol. The summed E-state index contributed by atoms with van der Waals surface area (Å²) in [4.78, 5) is 28.3. The molecule has 2 aromatic rings. The predicted molar refractivity (Wildman–Crippen MR) is 132 cm³/mol. The first-order chi connectivity index (χ1) is 16.5. The van der Waals surface area contributed by atoms with Gasteiger partial charge in [0.2, 0.25) is 11.8 Å². The minimum absolute atomic E-state index is 0.0391. The second-order valence-electron chi connectivity index (χ2n) is 8.24. The Kier molecular flexibility index (Phi) is 7.21. The van der Waals surface area contributed by atoms with Crippen molar-refractivity contribution in [3.05, 3.63) is 59.7 Å². The second kappa shape index (κ2) is 10.5. The van der Waals surface area contributed by atoms with Gasteiger partial charge in [0.25, 0.3) is 0 Å². The second-order valence-corrected chi connectivity index (χ2v) is 8.24. The minimum Gasteiger partial charge on any atom is -0.496 e. The van der Waals surface area contributed by atoms with Crippen molar-refractivity contribution in [3.63, 3.8) is 0 Å². The molecule has 2 aliphatic rings. The smallest absolute Gasteiger partial charge is 0.246 e. The van der Waals surface area contributed by atoms with Gasteiger partial charge in [-0.1, -0.05) is 18.2 Å². The van der Waals surface area contributed by atoms with E-state index in [1.165, 1.54) is 0 Å². The van der Waals surface area contributed by atoms with Crippen LogP contribution in [0.4, 0.5) is 5.69 Å². The van der Waals surface area contributed by atoms with Gasteiger partial charge in [0.05, 0.1) is 26.9 Å². The summed E-state index contributed by atoms with van der Waals surface area (Å²) in [5, 5.41) is 0. The standard InChI is InChI=1S/C27H30N2O5/c1-32-22-17-23(33-2)27(24(18-22)34-3)20-12-15-28(16-13-20)25(30)11-8-19-6-9-21(10-7-19)29-14-4-5-26(29)31/h6-12,17-18H,4-5,13-16H2,1-3H3/b11-8+. The molecule has 4 rings (SSSR count). The van der Waals surface area contributed by atoms with E-state index in [1.807, 2.05) is 53.5 Å². The summed E-state index contributed by atoms with van der Waals surface area (Å²) in [7, 11) is 4.85. The van der Waals surface area contributed by atoms with Crippen molar-refractivity contribution in [1.82, 2.24) is 4.90 Å². The first-order valence-corrected chi connectivity index (χ1v) is 11.4. The van der Waals surface area contributed by atoms with Crippen molar-refractivity contribution in [1.29, 1.82) is 0 Å². The summed E-state index contributed by atoms with van der Waals surface area (Å²) in [6.45, 7) is 1.88. The van der Waals surface area contributed by atoms with Crippen LogP contribution >= 0.6 is 0 Å². The molecule has 7 heteroatoms. The number of hydrogen-bond acceptors (Lipinski definition) is 5. The number of nitrogens with zero attached hydrogens (tertiary/aromatic N) is 2. The number of amides is 2. The van der Waals surface area contributed by atoms with E-state index in [-0.39, 0.29) is 11.8 Å². The summed E-state index contributed by atoms with van der Waals surface area (Å²) in [6.07, 6.45) is 7.66. The average Bonchev–Trinajstić information content (AvgIpc) is 3.32. The van der Waals surface area contributed by atoms with Gasteiger partial charge < -0.3 is 24.0 Å². The highest BCUT2D eigenvalue weighted by Gasteiger charge is 2.23. The number of carbonyl (C=O) groups excluding carboxylic acids is 2. The van der Waals surface area contributed by atoms with Crippen LogP contribution in [-0.4, -0.2) is 57.7 Å². The fourth-order valence-electron chi connectivity index (χ4n) is 4.38. The first kappa shape index (κ1) is 23.4. The molecular formula is C27H30N2O5. The maximum absolute atomic E-state index is 12.8. The number of methoxy groups -OCH3 is 3. The molecule has 0 aliphatic carbocycles. The third kappa shape index (κ3) is 4.93. The molecule has 0 aromatic heterocycles. The summed E-state index contributed by atoms with van der Waals surface area (Å²) < 4.78 is 16.5. The summed E-state index contributed by atoms with van der Waals surface area (Å²) in [5.74, 6) is 2.15. The molecule has 0 atom stereocenters. The number of benzene rings is 2. The Morgan fingerprint density at radius 2 is 1.65 bits per heavy atom. The summed E-state index contributed by atoms with van der Waals surface area (Å²) in [5.41, 5.74) is 3.80. The monoisotopic (exact) mass is 462 g/mol. The molecule has 2 aromatic carbocycles. The lowest BCUT2D eigenvalue weighted by molar-refractivity contribution is -0.125. The van der Waals surface area contributed by atoms with Gasteiger partial charge in [0.15, 0.2) is 0 Å². The van der Waals surface area contributed by atoms with Crippen LogP contribution in [0, 0.1) is 0 Å². The third-order valence-corrected chi connectivity index (χ3v) is 6.25. The molecule has 7 nitrogen and oxygen atoms in total. The van der Waals surface area contributed by atoms with Crippen molar-refractivity contribution in [2.75, 3.05) is 45.9 Å². The van der Waals surface area contributed by atoms with Crippen LogP contribution in [0.5, 0.6) is 17.2 Å². The van der Waals surface area contributed by atoms with Crippen molar-refractivity contribution >= 4 is 29.2 Å². The molecule has 0 bridgehead atoms. The van der Waals surface area contributed by atoms with Gasteiger partial charge in [-0.3, -0.25) is 9.59 Å². The van der Waals surface area contributed by atoms with E-state index in [0.717, 1.165) is 35.4 Å². The van der Waals surface area contributed by atoms with Gasteiger partial charge in [-0.15, -0.1) is 0 Å². The molecule has 1 saturated heterocycles. The molecule has 2 amide bonds. The maximum Gasteiger partial charge on any atom is 0.246 e. The van der Waals surface area contributed by atoms with E-state index in [9.17, 15) is 9.59 Å². The van der Waals surface area contributed by atoms with Crippen LogP contribution in [-0.2, 0) is 9.59 Å². The Morgan fingerprint density at radius 1 is 0.941 bits per heavy atom. The first-order valence-electron chi connectivity index (χ1n) is 11.4. The van der Waals surface area contributed by atoms with Crippen LogP contribution in [0.1, 0.15) is 30.4 Å². The van der Waals surface area contributed by atoms with E-state index in [2.05, 4.69) is 0 Å². The molecule has 0 spiro atoms. The van der Waals surface area contributed by atoms with Gasteiger partial charge >= 0.3 is 0 Å². The number of rotatable bonds is 7. The highest BCUT2D eigenvalue weighted by Crippen LogP contribution is 2.40. The lowest BCUT2D eigenvalue weighted by Crippen LogP contribution is -2.33. The van der Waals surface area contributed by atoms with Gasteiger partial charge in [-0.05, 0) is 42.2 Å². The molecule has 0 saturated carbocycles. The van der Waals surface area contributed by atoms with Gasteiger partial charge in [-0.2, -0.15) is 0 Å². The SMILES string of the molecule is COc1cc(OC)c(C2=CCN(C(=O)/C=C/c3ccc(N4CCCC4=O)cc3)CC2)c(OC)c1. The fraction of sp³-hybridized carbons (Fsp3) is 0.333. The summed E-state index contributed by atoms with van der Waals surface area (Å²) in [6, 6.07) is 11.4. The average molecular weight is 463 g/mol. The Labute approximate surface area is 200 Å². The van der Waals surface area contributed by atoms with E-state index >= 15 is 0 Å². The van der Waals surface area contributed by atoms with E-state index in [4.69, 9.17) is 14.2 Å². The van der Waals surface area contributed by atoms with Crippen molar-refractivity contribution in [3.8, 4) is 17.2 Å². The van der Waals surface area contributed by atoms with E-state index < -0.39 is 0 Å². The molecule has 0 N–H and O–H groups in total. The molecule has 2 heterocycles. The Hall–Kier alpha value is -3.74. The highest BCUT2D eigenvalue weighted by molar-refractivity contribution is 5.96. The normalized spacial score (nSPS) is 16.1.